The molecule has 2 heterocycles. The van der Waals surface area contributed by atoms with Crippen LogP contribution in [0.15, 0.2) is 18.5 Å². The molecule has 0 saturated carbocycles. The summed E-state index contributed by atoms with van der Waals surface area (Å²) < 4.78 is 2.19. The summed E-state index contributed by atoms with van der Waals surface area (Å²) in [6, 6.07) is 1.96. The van der Waals surface area contributed by atoms with E-state index in [9.17, 15) is 4.79 Å². The summed E-state index contributed by atoms with van der Waals surface area (Å²) in [5, 5.41) is 1.13. The van der Waals surface area contributed by atoms with Crippen molar-refractivity contribution < 1.29 is 4.79 Å². The van der Waals surface area contributed by atoms with Crippen molar-refractivity contribution >= 4 is 17.1 Å². The zero-order valence-corrected chi connectivity index (χ0v) is 11.3. The van der Waals surface area contributed by atoms with E-state index in [-0.39, 0.29) is 0 Å². The zero-order valence-electron chi connectivity index (χ0n) is 10.5. The van der Waals surface area contributed by atoms with E-state index in [1.807, 2.05) is 18.5 Å². The minimum atomic E-state index is 0.295. The molecule has 0 saturated heterocycles. The second kappa shape index (κ2) is 4.69. The predicted molar refractivity (Wildman–Crippen MR) is 72.3 cm³/mol. The number of fused-ring (bicyclic) bond motifs is 1. The van der Waals surface area contributed by atoms with Gasteiger partial charge in [0.15, 0.2) is 5.78 Å². The molecule has 0 amide bonds. The third kappa shape index (κ3) is 2.01. The van der Waals surface area contributed by atoms with Crippen LogP contribution in [0.2, 0.25) is 0 Å². The van der Waals surface area contributed by atoms with Crippen LogP contribution < -0.4 is 0 Å². The Morgan fingerprint density at radius 1 is 1.44 bits per heavy atom. The highest BCUT2D eigenvalue weighted by atomic mass is 32.1. The number of aromatic nitrogens is 2. The number of aryl methyl sites for hydroxylation is 1. The van der Waals surface area contributed by atoms with E-state index in [0.29, 0.717) is 12.2 Å². The fourth-order valence-corrected chi connectivity index (χ4v) is 3.33. The summed E-state index contributed by atoms with van der Waals surface area (Å²) in [4.78, 5) is 17.5. The normalized spacial score (nSPS) is 14.8. The average Bonchev–Trinajstić information content (AvgIpc) is 2.98. The van der Waals surface area contributed by atoms with Crippen LogP contribution in [-0.4, -0.2) is 15.3 Å². The van der Waals surface area contributed by atoms with E-state index >= 15 is 0 Å². The van der Waals surface area contributed by atoms with Crippen LogP contribution in [-0.2, 0) is 19.4 Å². The highest BCUT2D eigenvalue weighted by Crippen LogP contribution is 2.24. The summed E-state index contributed by atoms with van der Waals surface area (Å²) in [5.74, 6) is 0.295. The van der Waals surface area contributed by atoms with Gasteiger partial charge in [-0.3, -0.25) is 4.79 Å². The van der Waals surface area contributed by atoms with Crippen molar-refractivity contribution in [2.45, 2.75) is 39.2 Å². The van der Waals surface area contributed by atoms with Crippen LogP contribution in [0.25, 0.3) is 0 Å². The molecule has 2 aromatic heterocycles. The monoisotopic (exact) mass is 260 g/mol. The van der Waals surface area contributed by atoms with Crippen molar-refractivity contribution in [2.75, 3.05) is 0 Å². The van der Waals surface area contributed by atoms with Crippen LogP contribution in [0.5, 0.6) is 0 Å². The van der Waals surface area contributed by atoms with Crippen LogP contribution in [0.3, 0.4) is 0 Å². The molecule has 2 aromatic rings. The molecule has 1 aliphatic rings. The Balaban J connectivity index is 1.87. The Bertz CT molecular complexity index is 582. The molecule has 94 valence electrons. The van der Waals surface area contributed by atoms with Crippen LogP contribution >= 0.6 is 11.3 Å². The van der Waals surface area contributed by atoms with E-state index in [4.69, 9.17) is 0 Å². The number of hydrogen-bond acceptors (Lipinski definition) is 3. The first-order valence-corrected chi connectivity index (χ1v) is 7.24. The van der Waals surface area contributed by atoms with Gasteiger partial charge in [-0.2, -0.15) is 0 Å². The highest BCUT2D eigenvalue weighted by molar-refractivity contribution is 7.11. The maximum absolute atomic E-state index is 11.8. The second-order valence-electron chi connectivity index (χ2n) is 4.65. The Labute approximate surface area is 110 Å². The van der Waals surface area contributed by atoms with Crippen molar-refractivity contribution in [1.82, 2.24) is 9.55 Å². The predicted octanol–water partition coefficient (Wildman–Crippen LogP) is 3.07. The fraction of sp³-hybridized carbons (Fsp3) is 0.429. The minimum Gasteiger partial charge on any atom is -0.344 e. The van der Waals surface area contributed by atoms with Gasteiger partial charge < -0.3 is 4.57 Å². The molecule has 0 aliphatic heterocycles. The van der Waals surface area contributed by atoms with E-state index in [2.05, 4.69) is 16.5 Å². The van der Waals surface area contributed by atoms with Gasteiger partial charge in [-0.1, -0.05) is 6.92 Å². The van der Waals surface area contributed by atoms with Crippen molar-refractivity contribution in [3.05, 3.63) is 39.6 Å². The van der Waals surface area contributed by atoms with Crippen molar-refractivity contribution in [3.63, 3.8) is 0 Å². The standard InChI is InChI=1S/C14H16N2OS/c1-2-10-8-15-14(18-10)9-16-7-6-11-12(16)4-3-5-13(11)17/h6-8H,2-5,9H2,1H3. The van der Waals surface area contributed by atoms with Crippen LogP contribution in [0, 0.1) is 0 Å². The molecule has 1 aliphatic carbocycles. The molecule has 18 heavy (non-hydrogen) atoms. The molecular formula is C14H16N2OS. The van der Waals surface area contributed by atoms with Gasteiger partial charge in [0, 0.05) is 34.9 Å². The summed E-state index contributed by atoms with van der Waals surface area (Å²) in [7, 11) is 0. The molecule has 0 aromatic carbocycles. The number of rotatable bonds is 3. The Hall–Kier alpha value is -1.42. The van der Waals surface area contributed by atoms with Crippen LogP contribution in [0.1, 0.15) is 45.7 Å². The maximum atomic E-state index is 11.8. The molecule has 0 fully saturated rings. The van der Waals surface area contributed by atoms with E-state index < -0.39 is 0 Å². The number of nitrogens with zero attached hydrogens (tertiary/aromatic N) is 2. The van der Waals surface area contributed by atoms with E-state index in [1.54, 1.807) is 11.3 Å². The molecule has 0 unspecified atom stereocenters. The Morgan fingerprint density at radius 3 is 3.11 bits per heavy atom. The molecule has 3 nitrogen and oxygen atoms in total. The maximum Gasteiger partial charge on any atom is 0.164 e. The minimum absolute atomic E-state index is 0.295. The molecule has 0 atom stereocenters. The first-order valence-electron chi connectivity index (χ1n) is 6.42. The summed E-state index contributed by atoms with van der Waals surface area (Å²) in [6.45, 7) is 2.95. The van der Waals surface area contributed by atoms with Gasteiger partial charge in [0.2, 0.25) is 0 Å². The molecule has 4 heteroatoms. The molecule has 0 N–H and O–H groups in total. The summed E-state index contributed by atoms with van der Waals surface area (Å²) >= 11 is 1.77. The largest absolute Gasteiger partial charge is 0.344 e. The summed E-state index contributed by atoms with van der Waals surface area (Å²) in [6.07, 6.45) is 7.73. The Kier molecular flexibility index (Phi) is 3.04. The zero-order chi connectivity index (χ0) is 12.5. The van der Waals surface area contributed by atoms with E-state index in [0.717, 1.165) is 36.4 Å². The van der Waals surface area contributed by atoms with Gasteiger partial charge >= 0.3 is 0 Å². The number of hydrogen-bond donors (Lipinski definition) is 0. The molecule has 0 radical (unpaired) electrons. The SMILES string of the molecule is CCc1cnc(Cn2ccc3c2CCCC3=O)s1. The number of carbonyl (C=O) groups is 1. The summed E-state index contributed by atoms with van der Waals surface area (Å²) in [5.41, 5.74) is 2.12. The topological polar surface area (TPSA) is 34.9 Å². The lowest BCUT2D eigenvalue weighted by molar-refractivity contribution is 0.0972. The first kappa shape index (κ1) is 11.7. The van der Waals surface area contributed by atoms with Gasteiger partial charge in [0.1, 0.15) is 5.01 Å². The third-order valence-corrected chi connectivity index (χ3v) is 4.58. The number of Topliss-reactive ketones (excluding diaryl/α,β-unsaturated/α-hetero) is 1. The molecular weight excluding hydrogens is 244 g/mol. The van der Waals surface area contributed by atoms with Gasteiger partial charge in [-0.05, 0) is 25.3 Å². The smallest absolute Gasteiger partial charge is 0.164 e. The van der Waals surface area contributed by atoms with Crippen molar-refractivity contribution in [2.24, 2.45) is 0 Å². The fourth-order valence-electron chi connectivity index (χ4n) is 2.47. The van der Waals surface area contributed by atoms with Crippen molar-refractivity contribution in [1.29, 1.82) is 0 Å². The molecule has 0 spiro atoms. The van der Waals surface area contributed by atoms with Crippen LogP contribution in [0.4, 0.5) is 0 Å². The number of thiazole rings is 1. The van der Waals surface area contributed by atoms with Gasteiger partial charge in [0.05, 0.1) is 6.54 Å². The van der Waals surface area contributed by atoms with Crippen molar-refractivity contribution in [3.8, 4) is 0 Å². The third-order valence-electron chi connectivity index (χ3n) is 3.45. The van der Waals surface area contributed by atoms with Gasteiger partial charge in [-0.25, -0.2) is 4.98 Å². The quantitative estimate of drug-likeness (QED) is 0.850. The van der Waals surface area contributed by atoms with Gasteiger partial charge in [0.25, 0.3) is 0 Å². The lowest BCUT2D eigenvalue weighted by atomic mass is 9.97. The molecule has 3 rings (SSSR count). The lowest BCUT2D eigenvalue weighted by Gasteiger charge is -2.14. The van der Waals surface area contributed by atoms with E-state index in [1.165, 1.54) is 10.6 Å². The number of ketones is 1. The second-order valence-corrected chi connectivity index (χ2v) is 5.85. The average molecular weight is 260 g/mol. The highest BCUT2D eigenvalue weighted by Gasteiger charge is 2.20. The molecule has 0 bridgehead atoms. The van der Waals surface area contributed by atoms with Gasteiger partial charge in [-0.15, -0.1) is 11.3 Å². The number of carbonyl (C=O) groups excluding carboxylic acids is 1. The lowest BCUT2D eigenvalue weighted by Crippen LogP contribution is -2.13. The Morgan fingerprint density at radius 2 is 2.33 bits per heavy atom. The first-order chi connectivity index (χ1) is 8.78.